The van der Waals surface area contributed by atoms with Crippen molar-refractivity contribution in [2.45, 2.75) is 34.1 Å². The average Bonchev–Trinajstić information content (AvgIpc) is 1.95. The Morgan fingerprint density at radius 1 is 1.42 bits per heavy atom. The third kappa shape index (κ3) is 7.32. The highest BCUT2D eigenvalue weighted by atomic mass is 16.5. The molecule has 0 fully saturated rings. The molecule has 0 aliphatic carbocycles. The van der Waals surface area contributed by atoms with Crippen molar-refractivity contribution >= 4 is 5.97 Å². The fourth-order valence-corrected chi connectivity index (χ4v) is 0.550. The monoisotopic (exact) mass is 170 g/mol. The molecule has 0 saturated carbocycles. The van der Waals surface area contributed by atoms with Gasteiger partial charge in [-0.15, -0.1) is 0 Å². The summed E-state index contributed by atoms with van der Waals surface area (Å²) >= 11 is 0. The van der Waals surface area contributed by atoms with Gasteiger partial charge in [-0.25, -0.2) is 4.79 Å². The first-order chi connectivity index (χ1) is 5.45. The third-order valence-electron chi connectivity index (χ3n) is 1.14. The normalized spacial score (nSPS) is 12.0. The highest BCUT2D eigenvalue weighted by Crippen LogP contribution is 2.12. The van der Waals surface area contributed by atoms with Gasteiger partial charge in [-0.1, -0.05) is 33.8 Å². The highest BCUT2D eigenvalue weighted by molar-refractivity contribution is 5.81. The summed E-state index contributed by atoms with van der Waals surface area (Å²) in [5.41, 5.74) is 0.0513. The molecule has 0 aliphatic heterocycles. The van der Waals surface area contributed by atoms with Crippen molar-refractivity contribution < 1.29 is 9.53 Å². The van der Waals surface area contributed by atoms with Crippen LogP contribution < -0.4 is 0 Å². The largest absolute Gasteiger partial charge is 0.462 e. The van der Waals surface area contributed by atoms with Crippen LogP contribution in [0.5, 0.6) is 0 Å². The van der Waals surface area contributed by atoms with Crippen LogP contribution in [0.2, 0.25) is 0 Å². The van der Waals surface area contributed by atoms with E-state index in [4.69, 9.17) is 4.74 Å². The highest BCUT2D eigenvalue weighted by Gasteiger charge is 2.11. The van der Waals surface area contributed by atoms with Crippen LogP contribution in [0.4, 0.5) is 0 Å². The molecular formula is C10H18O2. The van der Waals surface area contributed by atoms with Gasteiger partial charge in [-0.05, 0) is 11.8 Å². The molecule has 0 aromatic carbocycles. The number of hydrogen-bond acceptors (Lipinski definition) is 2. The summed E-state index contributed by atoms with van der Waals surface area (Å²) in [7, 11) is 0. The predicted molar refractivity (Wildman–Crippen MR) is 49.8 cm³/mol. The second-order valence-electron chi connectivity index (χ2n) is 3.98. The Balaban J connectivity index is 3.65. The van der Waals surface area contributed by atoms with Gasteiger partial charge in [0.1, 0.15) is 0 Å². The first-order valence-corrected chi connectivity index (χ1v) is 4.29. The van der Waals surface area contributed by atoms with E-state index in [2.05, 4.69) is 0 Å². The van der Waals surface area contributed by atoms with Crippen LogP contribution in [0, 0.1) is 5.41 Å². The van der Waals surface area contributed by atoms with Crippen LogP contribution in [0.15, 0.2) is 12.2 Å². The second-order valence-corrected chi connectivity index (χ2v) is 3.98. The molecule has 0 N–H and O–H groups in total. The summed E-state index contributed by atoms with van der Waals surface area (Å²) in [5, 5.41) is 0. The summed E-state index contributed by atoms with van der Waals surface area (Å²) in [5.74, 6) is -0.244. The van der Waals surface area contributed by atoms with Crippen LogP contribution in [-0.2, 0) is 9.53 Å². The Labute approximate surface area is 74.6 Å². The van der Waals surface area contributed by atoms with E-state index < -0.39 is 0 Å². The van der Waals surface area contributed by atoms with Gasteiger partial charge in [0.2, 0.25) is 0 Å². The molecule has 70 valence electrons. The molecule has 0 unspecified atom stereocenters. The van der Waals surface area contributed by atoms with Crippen molar-refractivity contribution in [3.8, 4) is 0 Å². The minimum absolute atomic E-state index is 0.0513. The molecule has 2 heteroatoms. The maximum absolute atomic E-state index is 10.9. The molecule has 0 saturated heterocycles. The lowest BCUT2D eigenvalue weighted by Gasteiger charge is -2.16. The molecule has 0 rings (SSSR count). The van der Waals surface area contributed by atoms with Crippen molar-refractivity contribution in [3.05, 3.63) is 12.2 Å². The van der Waals surface area contributed by atoms with E-state index in [-0.39, 0.29) is 11.4 Å². The van der Waals surface area contributed by atoms with Gasteiger partial charge in [0.05, 0.1) is 6.61 Å². The molecule has 2 nitrogen and oxygen atoms in total. The van der Waals surface area contributed by atoms with E-state index in [1.54, 1.807) is 6.08 Å². The molecule has 0 spiro atoms. The summed E-state index contributed by atoms with van der Waals surface area (Å²) in [6.45, 7) is 8.55. The van der Waals surface area contributed by atoms with Gasteiger partial charge >= 0.3 is 5.97 Å². The molecule has 0 bridgehead atoms. The van der Waals surface area contributed by atoms with Crippen LogP contribution in [0.25, 0.3) is 0 Å². The van der Waals surface area contributed by atoms with E-state index in [0.717, 1.165) is 6.42 Å². The lowest BCUT2D eigenvalue weighted by Crippen LogP contribution is -2.17. The van der Waals surface area contributed by atoms with Crippen molar-refractivity contribution in [2.75, 3.05) is 6.61 Å². The Kier molecular flexibility index (Phi) is 4.64. The summed E-state index contributed by atoms with van der Waals surface area (Å²) in [6, 6.07) is 0. The van der Waals surface area contributed by atoms with Gasteiger partial charge in [-0.3, -0.25) is 0 Å². The van der Waals surface area contributed by atoms with Crippen LogP contribution in [0.1, 0.15) is 34.1 Å². The van der Waals surface area contributed by atoms with Crippen LogP contribution in [0.3, 0.4) is 0 Å². The molecule has 0 amide bonds. The zero-order valence-corrected chi connectivity index (χ0v) is 8.39. The Morgan fingerprint density at radius 3 is 2.42 bits per heavy atom. The SMILES string of the molecule is CCC=CC(=O)OCC(C)(C)C. The Morgan fingerprint density at radius 2 is 2.00 bits per heavy atom. The Bertz CT molecular complexity index is 163. The van der Waals surface area contributed by atoms with Crippen molar-refractivity contribution in [1.82, 2.24) is 0 Å². The fraction of sp³-hybridized carbons (Fsp3) is 0.700. The van der Waals surface area contributed by atoms with E-state index in [1.165, 1.54) is 6.08 Å². The second kappa shape index (κ2) is 4.96. The molecule has 0 aromatic rings. The maximum atomic E-state index is 10.9. The topological polar surface area (TPSA) is 26.3 Å². The zero-order chi connectivity index (χ0) is 9.61. The smallest absolute Gasteiger partial charge is 0.330 e. The molecule has 12 heavy (non-hydrogen) atoms. The van der Waals surface area contributed by atoms with Crippen LogP contribution >= 0.6 is 0 Å². The molecular weight excluding hydrogens is 152 g/mol. The van der Waals surface area contributed by atoms with Gasteiger partial charge in [0, 0.05) is 6.08 Å². The van der Waals surface area contributed by atoms with Crippen molar-refractivity contribution in [1.29, 1.82) is 0 Å². The lowest BCUT2D eigenvalue weighted by atomic mass is 9.99. The van der Waals surface area contributed by atoms with Crippen LogP contribution in [-0.4, -0.2) is 12.6 Å². The first-order valence-electron chi connectivity index (χ1n) is 4.29. The maximum Gasteiger partial charge on any atom is 0.330 e. The summed E-state index contributed by atoms with van der Waals surface area (Å²) in [4.78, 5) is 10.9. The molecule has 0 radical (unpaired) electrons. The van der Waals surface area contributed by atoms with Crippen molar-refractivity contribution in [2.24, 2.45) is 5.41 Å². The molecule has 0 atom stereocenters. The number of carbonyl (C=O) groups excluding carboxylic acids is 1. The van der Waals surface area contributed by atoms with Gasteiger partial charge < -0.3 is 4.74 Å². The van der Waals surface area contributed by atoms with E-state index in [1.807, 2.05) is 27.7 Å². The molecule has 0 aliphatic rings. The third-order valence-corrected chi connectivity index (χ3v) is 1.14. The van der Waals surface area contributed by atoms with E-state index in [0.29, 0.717) is 6.61 Å². The molecule has 0 heterocycles. The first kappa shape index (κ1) is 11.2. The Hall–Kier alpha value is -0.790. The van der Waals surface area contributed by atoms with Gasteiger partial charge in [0.25, 0.3) is 0 Å². The number of rotatable bonds is 3. The average molecular weight is 170 g/mol. The predicted octanol–water partition coefficient (Wildman–Crippen LogP) is 2.54. The lowest BCUT2D eigenvalue weighted by molar-refractivity contribution is -0.140. The number of allylic oxidation sites excluding steroid dienone is 1. The van der Waals surface area contributed by atoms with Crippen molar-refractivity contribution in [3.63, 3.8) is 0 Å². The van der Waals surface area contributed by atoms with Gasteiger partial charge in [0.15, 0.2) is 0 Å². The standard InChI is InChI=1S/C10H18O2/c1-5-6-7-9(11)12-8-10(2,3)4/h6-7H,5,8H2,1-4H3. The fourth-order valence-electron chi connectivity index (χ4n) is 0.550. The van der Waals surface area contributed by atoms with Gasteiger partial charge in [-0.2, -0.15) is 0 Å². The summed E-state index contributed by atoms with van der Waals surface area (Å²) in [6.07, 6.45) is 4.14. The quantitative estimate of drug-likeness (QED) is 0.480. The number of ether oxygens (including phenoxy) is 1. The number of esters is 1. The zero-order valence-electron chi connectivity index (χ0n) is 8.39. The van der Waals surface area contributed by atoms with E-state index >= 15 is 0 Å². The van der Waals surface area contributed by atoms with E-state index in [9.17, 15) is 4.79 Å². The molecule has 0 aromatic heterocycles. The number of carbonyl (C=O) groups is 1. The minimum Gasteiger partial charge on any atom is -0.462 e. The number of hydrogen-bond donors (Lipinski definition) is 0. The summed E-state index contributed by atoms with van der Waals surface area (Å²) < 4.78 is 4.98. The minimum atomic E-state index is -0.244.